The van der Waals surface area contributed by atoms with E-state index < -0.39 is 6.10 Å². The van der Waals surface area contributed by atoms with Crippen LogP contribution in [0.2, 0.25) is 5.02 Å². The molecule has 1 saturated heterocycles. The molecule has 2 amide bonds. The second-order valence-electron chi connectivity index (χ2n) is 5.90. The summed E-state index contributed by atoms with van der Waals surface area (Å²) >= 11 is 5.91. The third-order valence-corrected chi connectivity index (χ3v) is 4.23. The fourth-order valence-corrected chi connectivity index (χ4v) is 2.87. The van der Waals surface area contributed by atoms with Crippen LogP contribution in [0.25, 0.3) is 0 Å². The molecule has 1 N–H and O–H groups in total. The van der Waals surface area contributed by atoms with Gasteiger partial charge in [-0.25, -0.2) is 0 Å². The molecular formula is C19H19ClN2O3. The van der Waals surface area contributed by atoms with Crippen molar-refractivity contribution in [2.45, 2.75) is 25.9 Å². The monoisotopic (exact) mass is 358 g/mol. The van der Waals surface area contributed by atoms with Crippen LogP contribution in [0.4, 0.5) is 11.4 Å². The summed E-state index contributed by atoms with van der Waals surface area (Å²) < 4.78 is 5.60. The molecule has 0 radical (unpaired) electrons. The van der Waals surface area contributed by atoms with Crippen LogP contribution >= 0.6 is 11.6 Å². The number of hydrogen-bond donors (Lipinski definition) is 1. The minimum absolute atomic E-state index is 0.139. The number of carbonyl (C=O) groups is 2. The van der Waals surface area contributed by atoms with E-state index in [1.54, 1.807) is 48.2 Å². The Bertz CT molecular complexity index is 776. The lowest BCUT2D eigenvalue weighted by atomic mass is 10.2. The molecule has 5 nitrogen and oxygen atoms in total. The number of nitrogens with zero attached hydrogens (tertiary/aromatic N) is 1. The second-order valence-corrected chi connectivity index (χ2v) is 6.34. The zero-order valence-electron chi connectivity index (χ0n) is 13.9. The van der Waals surface area contributed by atoms with Crippen LogP contribution < -0.4 is 15.0 Å². The molecule has 0 saturated carbocycles. The molecular weight excluding hydrogens is 340 g/mol. The summed E-state index contributed by atoms with van der Waals surface area (Å²) in [6.07, 6.45) is 0.810. The number of nitrogens with one attached hydrogen (secondary N) is 1. The predicted octanol–water partition coefficient (Wildman–Crippen LogP) is 3.87. The average molecular weight is 359 g/mol. The predicted molar refractivity (Wildman–Crippen MR) is 98.2 cm³/mol. The van der Waals surface area contributed by atoms with Crippen molar-refractivity contribution in [3.8, 4) is 5.75 Å². The molecule has 0 aliphatic carbocycles. The molecule has 0 aromatic heterocycles. The smallest absolute Gasteiger partial charge is 0.265 e. The number of carbonyl (C=O) groups excluding carboxylic acids is 2. The van der Waals surface area contributed by atoms with Gasteiger partial charge in [0.25, 0.3) is 5.91 Å². The number of ether oxygens (including phenoxy) is 1. The van der Waals surface area contributed by atoms with Gasteiger partial charge < -0.3 is 15.0 Å². The number of hydrogen-bond acceptors (Lipinski definition) is 3. The largest absolute Gasteiger partial charge is 0.481 e. The normalized spacial score (nSPS) is 15.1. The summed E-state index contributed by atoms with van der Waals surface area (Å²) in [6, 6.07) is 14.1. The number of halogens is 1. The quantitative estimate of drug-likeness (QED) is 0.882. The third kappa shape index (κ3) is 4.31. The Morgan fingerprint density at radius 2 is 2.00 bits per heavy atom. The van der Waals surface area contributed by atoms with Crippen molar-refractivity contribution >= 4 is 34.8 Å². The van der Waals surface area contributed by atoms with E-state index in [0.29, 0.717) is 22.9 Å². The minimum Gasteiger partial charge on any atom is -0.481 e. The molecule has 2 aromatic rings. The molecule has 0 unspecified atom stereocenters. The fraction of sp³-hybridized carbons (Fsp3) is 0.263. The molecule has 0 bridgehead atoms. The van der Waals surface area contributed by atoms with Gasteiger partial charge in [0.05, 0.1) is 0 Å². The van der Waals surface area contributed by atoms with E-state index in [2.05, 4.69) is 5.32 Å². The van der Waals surface area contributed by atoms with Gasteiger partial charge in [0, 0.05) is 29.4 Å². The molecule has 1 heterocycles. The van der Waals surface area contributed by atoms with Crippen molar-refractivity contribution < 1.29 is 14.3 Å². The third-order valence-electron chi connectivity index (χ3n) is 4.00. The lowest BCUT2D eigenvalue weighted by Crippen LogP contribution is -2.30. The van der Waals surface area contributed by atoms with Gasteiger partial charge in [-0.15, -0.1) is 0 Å². The first-order valence-electron chi connectivity index (χ1n) is 8.16. The van der Waals surface area contributed by atoms with Gasteiger partial charge >= 0.3 is 0 Å². The first-order chi connectivity index (χ1) is 12.0. The Kier molecular flexibility index (Phi) is 5.24. The summed E-state index contributed by atoms with van der Waals surface area (Å²) in [4.78, 5) is 25.8. The van der Waals surface area contributed by atoms with Crippen LogP contribution in [-0.4, -0.2) is 24.5 Å². The molecule has 1 aliphatic heterocycles. The highest BCUT2D eigenvalue weighted by Crippen LogP contribution is 2.23. The molecule has 6 heteroatoms. The average Bonchev–Trinajstić information content (AvgIpc) is 3.01. The van der Waals surface area contributed by atoms with Gasteiger partial charge in [-0.05, 0) is 55.8 Å². The van der Waals surface area contributed by atoms with Gasteiger partial charge in [-0.2, -0.15) is 0 Å². The number of anilines is 2. The van der Waals surface area contributed by atoms with Crippen molar-refractivity contribution in [2.75, 3.05) is 16.8 Å². The molecule has 130 valence electrons. The molecule has 2 aromatic carbocycles. The van der Waals surface area contributed by atoms with Crippen molar-refractivity contribution in [1.82, 2.24) is 0 Å². The zero-order valence-corrected chi connectivity index (χ0v) is 14.6. The Hall–Kier alpha value is -2.53. The highest BCUT2D eigenvalue weighted by molar-refractivity contribution is 6.30. The van der Waals surface area contributed by atoms with Crippen LogP contribution in [0.5, 0.6) is 5.75 Å². The number of benzene rings is 2. The van der Waals surface area contributed by atoms with E-state index in [1.165, 1.54) is 0 Å². The van der Waals surface area contributed by atoms with Gasteiger partial charge in [0.2, 0.25) is 5.91 Å². The standard InChI is InChI=1S/C19H19ClN2O3/c1-13(25-17-5-2-4-14(20)12-17)19(24)21-15-7-9-16(10-8-15)22-11-3-6-18(22)23/h2,4-5,7-10,12-13H,3,6,11H2,1H3,(H,21,24)/t13-/m1/s1. The number of amides is 2. The minimum atomic E-state index is -0.668. The fourth-order valence-electron chi connectivity index (χ4n) is 2.69. The SMILES string of the molecule is C[C@@H](Oc1cccc(Cl)c1)C(=O)Nc1ccc(N2CCCC2=O)cc1. The maximum absolute atomic E-state index is 12.3. The van der Waals surface area contributed by atoms with Crippen LogP contribution in [-0.2, 0) is 9.59 Å². The van der Waals surface area contributed by atoms with E-state index in [4.69, 9.17) is 16.3 Å². The van der Waals surface area contributed by atoms with Crippen molar-refractivity contribution in [3.63, 3.8) is 0 Å². The summed E-state index contributed by atoms with van der Waals surface area (Å²) in [5.41, 5.74) is 1.51. The molecule has 1 aliphatic rings. The van der Waals surface area contributed by atoms with E-state index in [-0.39, 0.29) is 11.8 Å². The Balaban J connectivity index is 1.59. The number of rotatable bonds is 5. The van der Waals surface area contributed by atoms with Gasteiger partial charge in [-0.1, -0.05) is 17.7 Å². The lowest BCUT2D eigenvalue weighted by molar-refractivity contribution is -0.122. The topological polar surface area (TPSA) is 58.6 Å². The van der Waals surface area contributed by atoms with Crippen LogP contribution in [0, 0.1) is 0 Å². The van der Waals surface area contributed by atoms with Gasteiger partial charge in [0.1, 0.15) is 5.75 Å². The van der Waals surface area contributed by atoms with E-state index >= 15 is 0 Å². The first kappa shape index (κ1) is 17.3. The van der Waals surface area contributed by atoms with Gasteiger partial charge in [0.15, 0.2) is 6.10 Å². The Labute approximate surface area is 151 Å². The van der Waals surface area contributed by atoms with Crippen molar-refractivity contribution in [3.05, 3.63) is 53.6 Å². The highest BCUT2D eigenvalue weighted by atomic mass is 35.5. The summed E-state index contributed by atoms with van der Waals surface area (Å²) in [5, 5.41) is 3.36. The molecule has 1 atom stereocenters. The summed E-state index contributed by atoms with van der Waals surface area (Å²) in [7, 11) is 0. The van der Waals surface area contributed by atoms with Crippen LogP contribution in [0.15, 0.2) is 48.5 Å². The first-order valence-corrected chi connectivity index (χ1v) is 8.54. The maximum atomic E-state index is 12.3. The lowest BCUT2D eigenvalue weighted by Gasteiger charge is -2.17. The van der Waals surface area contributed by atoms with Crippen LogP contribution in [0.3, 0.4) is 0 Å². The Morgan fingerprint density at radius 3 is 2.64 bits per heavy atom. The second kappa shape index (κ2) is 7.57. The van der Waals surface area contributed by atoms with Crippen molar-refractivity contribution in [2.24, 2.45) is 0 Å². The van der Waals surface area contributed by atoms with Crippen molar-refractivity contribution in [1.29, 1.82) is 0 Å². The van der Waals surface area contributed by atoms with Gasteiger partial charge in [-0.3, -0.25) is 9.59 Å². The van der Waals surface area contributed by atoms with E-state index in [9.17, 15) is 9.59 Å². The van der Waals surface area contributed by atoms with Crippen LogP contribution in [0.1, 0.15) is 19.8 Å². The molecule has 0 spiro atoms. The summed E-state index contributed by atoms with van der Waals surface area (Å²) in [6.45, 7) is 2.42. The molecule has 1 fully saturated rings. The zero-order chi connectivity index (χ0) is 17.8. The summed E-state index contributed by atoms with van der Waals surface area (Å²) in [5.74, 6) is 0.420. The molecule has 3 rings (SSSR count). The van der Waals surface area contributed by atoms with E-state index in [0.717, 1.165) is 18.7 Å². The van der Waals surface area contributed by atoms with E-state index in [1.807, 2.05) is 12.1 Å². The highest BCUT2D eigenvalue weighted by Gasteiger charge is 2.21. The Morgan fingerprint density at radius 1 is 1.24 bits per heavy atom. The molecule has 25 heavy (non-hydrogen) atoms. The maximum Gasteiger partial charge on any atom is 0.265 e.